The maximum Gasteiger partial charge on any atom is 0.165 e. The van der Waals surface area contributed by atoms with E-state index < -0.39 is 9.84 Å². The molecule has 5 heterocycles. The summed E-state index contributed by atoms with van der Waals surface area (Å²) in [7, 11) is -2.96. The van der Waals surface area contributed by atoms with Gasteiger partial charge in [0.15, 0.2) is 5.65 Å². The van der Waals surface area contributed by atoms with Crippen LogP contribution in [0.1, 0.15) is 24.5 Å². The Balaban J connectivity index is 1.54. The fraction of sp³-hybridized carbons (Fsp3) is 0.227. The number of H-pyrrole nitrogens is 1. The van der Waals surface area contributed by atoms with Gasteiger partial charge in [0.05, 0.1) is 28.9 Å². The molecule has 1 aromatic carbocycles. The topological polar surface area (TPSA) is 93.0 Å². The first-order valence-electron chi connectivity index (χ1n) is 10.1. The number of rotatable bonds is 2. The van der Waals surface area contributed by atoms with E-state index in [-0.39, 0.29) is 23.2 Å². The van der Waals surface area contributed by atoms with Crippen LogP contribution >= 0.6 is 0 Å². The number of hydrogen-bond acceptors (Lipinski definition) is 5. The van der Waals surface area contributed by atoms with Gasteiger partial charge < -0.3 is 4.98 Å². The normalized spacial score (nSPS) is 17.1. The average molecular weight is 435 g/mol. The molecule has 1 aliphatic rings. The van der Waals surface area contributed by atoms with E-state index in [1.807, 2.05) is 18.3 Å². The number of halogens is 1. The van der Waals surface area contributed by atoms with Crippen molar-refractivity contribution >= 4 is 37.4 Å². The van der Waals surface area contributed by atoms with Gasteiger partial charge in [0.25, 0.3) is 0 Å². The third-order valence-corrected chi connectivity index (χ3v) is 7.79. The van der Waals surface area contributed by atoms with Crippen molar-refractivity contribution in [3.8, 4) is 11.1 Å². The van der Waals surface area contributed by atoms with E-state index in [4.69, 9.17) is 4.98 Å². The van der Waals surface area contributed by atoms with Gasteiger partial charge in [-0.15, -0.1) is 0 Å². The van der Waals surface area contributed by atoms with Crippen molar-refractivity contribution in [3.63, 3.8) is 0 Å². The van der Waals surface area contributed by atoms with Gasteiger partial charge in [0, 0.05) is 40.2 Å². The van der Waals surface area contributed by atoms with E-state index in [2.05, 4.69) is 15.1 Å². The van der Waals surface area contributed by atoms with Crippen LogP contribution < -0.4 is 0 Å². The summed E-state index contributed by atoms with van der Waals surface area (Å²) >= 11 is 0. The highest BCUT2D eigenvalue weighted by molar-refractivity contribution is 7.91. The molecule has 7 nitrogen and oxygen atoms in total. The van der Waals surface area contributed by atoms with Crippen molar-refractivity contribution in [1.29, 1.82) is 0 Å². The van der Waals surface area contributed by atoms with Crippen LogP contribution in [-0.2, 0) is 9.84 Å². The van der Waals surface area contributed by atoms with E-state index >= 15 is 0 Å². The number of sulfone groups is 1. The van der Waals surface area contributed by atoms with Gasteiger partial charge in [0.2, 0.25) is 0 Å². The number of nitrogens with one attached hydrogen (secondary N) is 1. The van der Waals surface area contributed by atoms with Gasteiger partial charge in [0.1, 0.15) is 21.3 Å². The lowest BCUT2D eigenvalue weighted by Gasteiger charge is -2.22. The van der Waals surface area contributed by atoms with Crippen LogP contribution in [-0.4, -0.2) is 44.5 Å². The SMILES string of the molecule is O=S1(=O)CCC(c2nc3c(-c4cnc5ccc(F)cc5c4)cnn3c3[nH]ccc23)CC1. The maximum absolute atomic E-state index is 13.7. The summed E-state index contributed by atoms with van der Waals surface area (Å²) in [5.74, 6) is 0.122. The standard InChI is InChI=1S/C22H18FN5O2S/c23-16-1-2-19-14(10-16)9-15(11-25-19)18-12-26-28-21-17(3-6-24-21)20(27-22(18)28)13-4-7-31(29,30)8-5-13/h1-3,6,9-13,24H,4-5,7-8H2. The Morgan fingerprint density at radius 2 is 1.94 bits per heavy atom. The second kappa shape index (κ2) is 6.58. The number of nitrogens with zero attached hydrogens (tertiary/aromatic N) is 4. The quantitative estimate of drug-likeness (QED) is 0.455. The van der Waals surface area contributed by atoms with Gasteiger partial charge >= 0.3 is 0 Å². The molecule has 156 valence electrons. The number of benzene rings is 1. The second-order valence-corrected chi connectivity index (χ2v) is 10.3. The third kappa shape index (κ3) is 2.99. The average Bonchev–Trinajstić information content (AvgIpc) is 3.39. The van der Waals surface area contributed by atoms with Crippen molar-refractivity contribution in [3.05, 3.63) is 60.4 Å². The molecule has 0 aliphatic carbocycles. The Bertz CT molecular complexity index is 1570. The van der Waals surface area contributed by atoms with Crippen LogP contribution in [0.15, 0.2) is 48.9 Å². The monoisotopic (exact) mass is 435 g/mol. The van der Waals surface area contributed by atoms with Gasteiger partial charge in [-0.2, -0.15) is 9.61 Å². The van der Waals surface area contributed by atoms with Gasteiger partial charge in [-0.1, -0.05) is 0 Å². The number of fused-ring (bicyclic) bond motifs is 4. The van der Waals surface area contributed by atoms with E-state index in [9.17, 15) is 12.8 Å². The van der Waals surface area contributed by atoms with Crippen molar-refractivity contribution in [2.75, 3.05) is 11.5 Å². The van der Waals surface area contributed by atoms with Crippen molar-refractivity contribution in [2.24, 2.45) is 0 Å². The Hall–Kier alpha value is -3.33. The number of aromatic amines is 1. The van der Waals surface area contributed by atoms with Crippen LogP contribution in [0.2, 0.25) is 0 Å². The molecule has 4 aromatic heterocycles. The minimum atomic E-state index is -2.96. The summed E-state index contributed by atoms with van der Waals surface area (Å²) in [4.78, 5) is 12.7. The summed E-state index contributed by atoms with van der Waals surface area (Å²) in [6.45, 7) is 0. The van der Waals surface area contributed by atoms with Gasteiger partial charge in [-0.25, -0.2) is 17.8 Å². The van der Waals surface area contributed by atoms with Crippen LogP contribution in [0.5, 0.6) is 0 Å². The molecule has 1 saturated heterocycles. The zero-order valence-corrected chi connectivity index (χ0v) is 17.2. The Morgan fingerprint density at radius 3 is 2.77 bits per heavy atom. The summed E-state index contributed by atoms with van der Waals surface area (Å²) < 4.78 is 39.3. The van der Waals surface area contributed by atoms with E-state index in [0.29, 0.717) is 29.4 Å². The molecule has 31 heavy (non-hydrogen) atoms. The molecule has 1 fully saturated rings. The first kappa shape index (κ1) is 18.4. The number of hydrogen-bond donors (Lipinski definition) is 1. The van der Waals surface area contributed by atoms with E-state index in [0.717, 1.165) is 27.9 Å². The predicted octanol–water partition coefficient (Wildman–Crippen LogP) is 3.86. The fourth-order valence-electron chi connectivity index (χ4n) is 4.46. The summed E-state index contributed by atoms with van der Waals surface area (Å²) in [6, 6.07) is 8.35. The third-order valence-electron chi connectivity index (χ3n) is 6.08. The lowest BCUT2D eigenvalue weighted by atomic mass is 9.96. The number of pyridine rings is 1. The predicted molar refractivity (Wildman–Crippen MR) is 116 cm³/mol. The largest absolute Gasteiger partial charge is 0.346 e. The second-order valence-electron chi connectivity index (χ2n) is 8.02. The Morgan fingerprint density at radius 1 is 1.10 bits per heavy atom. The minimum Gasteiger partial charge on any atom is -0.346 e. The van der Waals surface area contributed by atoms with Gasteiger partial charge in [-0.05, 0) is 43.2 Å². The molecule has 0 amide bonds. The molecule has 0 radical (unpaired) electrons. The minimum absolute atomic E-state index is 0.0680. The lowest BCUT2D eigenvalue weighted by Crippen LogP contribution is -2.23. The molecule has 1 aliphatic heterocycles. The molecule has 6 rings (SSSR count). The Labute approximate surface area is 176 Å². The maximum atomic E-state index is 13.7. The highest BCUT2D eigenvalue weighted by Gasteiger charge is 2.28. The molecule has 0 spiro atoms. The lowest BCUT2D eigenvalue weighted by molar-refractivity contribution is 0.546. The first-order valence-corrected chi connectivity index (χ1v) is 11.9. The highest BCUT2D eigenvalue weighted by Crippen LogP contribution is 2.35. The highest BCUT2D eigenvalue weighted by atomic mass is 32.2. The van der Waals surface area contributed by atoms with Crippen LogP contribution in [0, 0.1) is 5.82 Å². The van der Waals surface area contributed by atoms with Crippen molar-refractivity contribution < 1.29 is 12.8 Å². The summed E-state index contributed by atoms with van der Waals surface area (Å²) in [5.41, 5.74) is 4.67. The summed E-state index contributed by atoms with van der Waals surface area (Å²) in [5, 5.41) is 6.18. The molecule has 0 bridgehead atoms. The molecule has 5 aromatic rings. The van der Waals surface area contributed by atoms with Crippen molar-refractivity contribution in [1.82, 2.24) is 24.6 Å². The molecule has 1 N–H and O–H groups in total. The van der Waals surface area contributed by atoms with Crippen LogP contribution in [0.3, 0.4) is 0 Å². The first-order chi connectivity index (χ1) is 15.0. The molecule has 0 saturated carbocycles. The van der Waals surface area contributed by atoms with E-state index in [1.54, 1.807) is 23.0 Å². The van der Waals surface area contributed by atoms with E-state index in [1.165, 1.54) is 12.1 Å². The van der Waals surface area contributed by atoms with Crippen LogP contribution in [0.4, 0.5) is 4.39 Å². The molecular formula is C22H18FN5O2S. The Kier molecular flexibility index (Phi) is 3.92. The zero-order valence-electron chi connectivity index (χ0n) is 16.4. The van der Waals surface area contributed by atoms with Crippen LogP contribution in [0.25, 0.3) is 38.7 Å². The molecule has 0 unspecified atom stereocenters. The number of aromatic nitrogens is 5. The molecule has 9 heteroatoms. The van der Waals surface area contributed by atoms with Gasteiger partial charge in [-0.3, -0.25) is 4.98 Å². The molecular weight excluding hydrogens is 417 g/mol. The summed E-state index contributed by atoms with van der Waals surface area (Å²) in [6.07, 6.45) is 6.44. The molecule has 0 atom stereocenters. The fourth-order valence-corrected chi connectivity index (χ4v) is 5.95. The smallest absolute Gasteiger partial charge is 0.165 e. The van der Waals surface area contributed by atoms with Crippen molar-refractivity contribution in [2.45, 2.75) is 18.8 Å². The zero-order chi connectivity index (χ0) is 21.2.